The molecule has 0 bridgehead atoms. The van der Waals surface area contributed by atoms with Crippen molar-refractivity contribution in [2.24, 2.45) is 0 Å². The summed E-state index contributed by atoms with van der Waals surface area (Å²) >= 11 is 10.0. The Hall–Kier alpha value is -2.43. The third-order valence-electron chi connectivity index (χ3n) is 4.37. The summed E-state index contributed by atoms with van der Waals surface area (Å²) in [7, 11) is 1.48. The second kappa shape index (κ2) is 10.5. The van der Waals surface area contributed by atoms with Gasteiger partial charge in [0.1, 0.15) is 10.1 Å². The number of carbonyl (C=O) groups is 2. The summed E-state index contributed by atoms with van der Waals surface area (Å²) in [5.74, 6) is -0.206. The molecule has 0 aliphatic carbocycles. The number of thioether (sulfide) groups is 1. The van der Waals surface area contributed by atoms with E-state index in [-0.39, 0.29) is 24.4 Å². The van der Waals surface area contributed by atoms with Crippen molar-refractivity contribution in [2.75, 3.05) is 19.0 Å². The molecule has 0 spiro atoms. The Labute approximate surface area is 203 Å². The number of methoxy groups -OCH3 is 1. The quantitative estimate of drug-likeness (QED) is 0.384. The van der Waals surface area contributed by atoms with Crippen molar-refractivity contribution in [3.63, 3.8) is 0 Å². The molecule has 3 rings (SSSR count). The third-order valence-corrected chi connectivity index (χ3v) is 6.28. The molecular formula is C22H20BrFN2O4S2. The van der Waals surface area contributed by atoms with Crippen molar-refractivity contribution < 1.29 is 23.5 Å². The lowest BCUT2D eigenvalue weighted by Crippen LogP contribution is -2.34. The number of ether oxygens (including phenoxy) is 2. The lowest BCUT2D eigenvalue weighted by atomic mass is 10.1. The van der Waals surface area contributed by atoms with E-state index in [0.717, 1.165) is 0 Å². The summed E-state index contributed by atoms with van der Waals surface area (Å²) in [5.41, 5.74) is 1.17. The number of rotatable bonds is 7. The van der Waals surface area contributed by atoms with Crippen molar-refractivity contribution in [2.45, 2.75) is 19.9 Å². The van der Waals surface area contributed by atoms with Crippen LogP contribution in [0.3, 0.4) is 0 Å². The van der Waals surface area contributed by atoms with Crippen molar-refractivity contribution in [3.8, 4) is 11.5 Å². The number of benzene rings is 2. The number of amides is 2. The zero-order chi connectivity index (χ0) is 23.4. The van der Waals surface area contributed by atoms with Crippen LogP contribution < -0.4 is 14.8 Å². The number of carbonyl (C=O) groups excluding carboxylic acids is 2. The first-order valence-electron chi connectivity index (χ1n) is 9.52. The van der Waals surface area contributed by atoms with Crippen molar-refractivity contribution >= 4 is 67.8 Å². The minimum Gasteiger partial charge on any atom is -0.493 e. The van der Waals surface area contributed by atoms with E-state index in [4.69, 9.17) is 21.7 Å². The van der Waals surface area contributed by atoms with Crippen LogP contribution in [0.25, 0.3) is 6.08 Å². The van der Waals surface area contributed by atoms with Crippen LogP contribution in [-0.4, -0.2) is 40.8 Å². The van der Waals surface area contributed by atoms with Gasteiger partial charge in [-0.2, -0.15) is 0 Å². The van der Waals surface area contributed by atoms with Crippen LogP contribution in [0.1, 0.15) is 19.4 Å². The van der Waals surface area contributed by atoms with Crippen molar-refractivity contribution in [1.29, 1.82) is 0 Å². The highest BCUT2D eigenvalue weighted by Crippen LogP contribution is 2.39. The predicted molar refractivity (Wildman–Crippen MR) is 131 cm³/mol. The molecular weight excluding hydrogens is 519 g/mol. The molecule has 0 unspecified atom stereocenters. The number of hydrogen-bond acceptors (Lipinski definition) is 6. The van der Waals surface area contributed by atoms with Crippen molar-refractivity contribution in [3.05, 3.63) is 57.2 Å². The number of nitrogens with one attached hydrogen (secondary N) is 1. The molecule has 168 valence electrons. The van der Waals surface area contributed by atoms with E-state index in [1.54, 1.807) is 23.1 Å². The number of thiocarbonyl (C=S) groups is 1. The van der Waals surface area contributed by atoms with Crippen LogP contribution in [-0.2, 0) is 9.59 Å². The average Bonchev–Trinajstić information content (AvgIpc) is 3.01. The van der Waals surface area contributed by atoms with Crippen LogP contribution in [0.15, 0.2) is 45.8 Å². The molecule has 1 fully saturated rings. The Morgan fingerprint density at radius 3 is 2.59 bits per heavy atom. The highest BCUT2D eigenvalue weighted by atomic mass is 79.9. The monoisotopic (exact) mass is 538 g/mol. The van der Waals surface area contributed by atoms with E-state index in [1.807, 2.05) is 13.8 Å². The van der Waals surface area contributed by atoms with Gasteiger partial charge in [0.25, 0.3) is 11.8 Å². The smallest absolute Gasteiger partial charge is 0.266 e. The fraction of sp³-hybridized carbons (Fsp3) is 0.227. The number of halogens is 2. The van der Waals surface area contributed by atoms with Crippen LogP contribution in [0, 0.1) is 5.82 Å². The van der Waals surface area contributed by atoms with Gasteiger partial charge in [0.05, 0.1) is 16.5 Å². The van der Waals surface area contributed by atoms with Crippen LogP contribution >= 0.6 is 39.9 Å². The molecule has 32 heavy (non-hydrogen) atoms. The lowest BCUT2D eigenvalue weighted by Gasteiger charge is -2.18. The predicted octanol–water partition coefficient (Wildman–Crippen LogP) is 5.22. The fourth-order valence-corrected chi connectivity index (χ4v) is 5.01. The van der Waals surface area contributed by atoms with E-state index in [1.165, 1.54) is 43.1 Å². The largest absolute Gasteiger partial charge is 0.493 e. The maximum Gasteiger partial charge on any atom is 0.266 e. The molecule has 0 saturated carbocycles. The van der Waals surface area contributed by atoms with Gasteiger partial charge in [-0.3, -0.25) is 14.5 Å². The Kier molecular flexibility index (Phi) is 7.91. The van der Waals surface area contributed by atoms with Gasteiger partial charge in [0.2, 0.25) is 0 Å². The molecule has 1 N–H and O–H groups in total. The maximum atomic E-state index is 13.0. The Morgan fingerprint density at radius 2 is 2.00 bits per heavy atom. The summed E-state index contributed by atoms with van der Waals surface area (Å²) in [6, 6.07) is 8.87. The van der Waals surface area contributed by atoms with Crippen LogP contribution in [0.2, 0.25) is 0 Å². The summed E-state index contributed by atoms with van der Waals surface area (Å²) in [5, 5.41) is 2.62. The van der Waals surface area contributed by atoms with Gasteiger partial charge in [0, 0.05) is 11.7 Å². The van der Waals surface area contributed by atoms with E-state index in [2.05, 4.69) is 21.2 Å². The van der Waals surface area contributed by atoms with E-state index in [0.29, 0.717) is 36.4 Å². The van der Waals surface area contributed by atoms with Gasteiger partial charge in [0.15, 0.2) is 18.1 Å². The van der Waals surface area contributed by atoms with E-state index >= 15 is 0 Å². The highest BCUT2D eigenvalue weighted by molar-refractivity contribution is 9.10. The summed E-state index contributed by atoms with van der Waals surface area (Å²) in [6.45, 7) is 3.54. The molecule has 6 nitrogen and oxygen atoms in total. The molecule has 1 aliphatic heterocycles. The minimum absolute atomic E-state index is 0.0218. The first-order chi connectivity index (χ1) is 15.2. The molecule has 1 heterocycles. The van der Waals surface area contributed by atoms with Crippen LogP contribution in [0.4, 0.5) is 10.1 Å². The molecule has 0 aromatic heterocycles. The van der Waals surface area contributed by atoms with Gasteiger partial charge < -0.3 is 14.8 Å². The number of anilines is 1. The number of nitrogens with zero attached hydrogens (tertiary/aromatic N) is 1. The Bertz CT molecular complexity index is 1090. The molecule has 1 saturated heterocycles. The second-order valence-electron chi connectivity index (χ2n) is 7.02. The maximum absolute atomic E-state index is 13.0. The SMILES string of the molecule is COc1cc(/C=C2\SC(=S)N(C(C)C)C2=O)cc(Br)c1OCC(=O)Nc1ccc(F)cc1. The molecule has 10 heteroatoms. The molecule has 0 atom stereocenters. The molecule has 1 aliphatic rings. The summed E-state index contributed by atoms with van der Waals surface area (Å²) < 4.78 is 25.1. The van der Waals surface area contributed by atoms with Gasteiger partial charge in [-0.1, -0.05) is 24.0 Å². The molecule has 2 amide bonds. The Morgan fingerprint density at radius 1 is 1.31 bits per heavy atom. The van der Waals surface area contributed by atoms with Crippen LogP contribution in [0.5, 0.6) is 11.5 Å². The summed E-state index contributed by atoms with van der Waals surface area (Å²) in [4.78, 5) is 26.9. The molecule has 0 radical (unpaired) electrons. The molecule has 2 aromatic rings. The summed E-state index contributed by atoms with van der Waals surface area (Å²) in [6.07, 6.45) is 1.74. The Balaban J connectivity index is 1.74. The van der Waals surface area contributed by atoms with E-state index < -0.39 is 5.91 Å². The van der Waals surface area contributed by atoms with Gasteiger partial charge in [-0.25, -0.2) is 4.39 Å². The molecule has 2 aromatic carbocycles. The second-order valence-corrected chi connectivity index (χ2v) is 9.55. The standard InChI is InChI=1S/C22H20BrFN2O4S2/c1-12(2)26-21(28)18(32-22(26)31)10-13-8-16(23)20(17(9-13)29-3)30-11-19(27)25-15-6-4-14(24)5-7-15/h4-10,12H,11H2,1-3H3,(H,25,27)/b18-10-. The number of hydrogen-bond donors (Lipinski definition) is 1. The highest BCUT2D eigenvalue weighted by Gasteiger charge is 2.33. The van der Waals surface area contributed by atoms with Gasteiger partial charge in [-0.15, -0.1) is 0 Å². The van der Waals surface area contributed by atoms with Gasteiger partial charge in [-0.05, 0) is 77.8 Å². The van der Waals surface area contributed by atoms with Gasteiger partial charge >= 0.3 is 0 Å². The first kappa shape index (κ1) is 24.2. The third kappa shape index (κ3) is 5.67. The minimum atomic E-state index is -0.410. The lowest BCUT2D eigenvalue weighted by molar-refractivity contribution is -0.123. The zero-order valence-corrected chi connectivity index (χ0v) is 20.7. The van der Waals surface area contributed by atoms with E-state index in [9.17, 15) is 14.0 Å². The topological polar surface area (TPSA) is 67.9 Å². The first-order valence-corrected chi connectivity index (χ1v) is 11.5. The average molecular weight is 539 g/mol. The zero-order valence-electron chi connectivity index (χ0n) is 17.5. The fourth-order valence-electron chi connectivity index (χ4n) is 2.91. The normalized spacial score (nSPS) is 14.9. The van der Waals surface area contributed by atoms with Crippen molar-refractivity contribution in [1.82, 2.24) is 4.90 Å².